The molecule has 0 aliphatic carbocycles. The van der Waals surface area contributed by atoms with Crippen molar-refractivity contribution in [1.29, 1.82) is 0 Å². The summed E-state index contributed by atoms with van der Waals surface area (Å²) >= 11 is 0. The fraction of sp³-hybridized carbons (Fsp3) is 0.111. The molecule has 32 heavy (non-hydrogen) atoms. The molecule has 0 aliphatic rings. The minimum atomic E-state index is -0.191. The van der Waals surface area contributed by atoms with Gasteiger partial charge in [0.15, 0.2) is 5.58 Å². The lowest BCUT2D eigenvalue weighted by atomic mass is 10.0. The van der Waals surface area contributed by atoms with Gasteiger partial charge in [-0.1, -0.05) is 43.3 Å². The van der Waals surface area contributed by atoms with Crippen LogP contribution in [0.5, 0.6) is 5.75 Å². The van der Waals surface area contributed by atoms with Crippen molar-refractivity contribution < 1.29 is 13.9 Å². The molecule has 0 saturated heterocycles. The average Bonchev–Trinajstić information content (AvgIpc) is 3.26. The second kappa shape index (κ2) is 8.55. The highest BCUT2D eigenvalue weighted by Crippen LogP contribution is 2.31. The van der Waals surface area contributed by atoms with Gasteiger partial charge in [0.1, 0.15) is 11.3 Å². The molecule has 1 N–H and O–H groups in total. The molecule has 0 bridgehead atoms. The predicted octanol–water partition coefficient (Wildman–Crippen LogP) is 6.69. The van der Waals surface area contributed by atoms with Crippen molar-refractivity contribution in [2.75, 3.05) is 11.9 Å². The predicted molar refractivity (Wildman–Crippen MR) is 127 cm³/mol. The van der Waals surface area contributed by atoms with Crippen molar-refractivity contribution in [2.24, 2.45) is 0 Å². The Morgan fingerprint density at radius 2 is 1.78 bits per heavy atom. The maximum atomic E-state index is 12.7. The first kappa shape index (κ1) is 19.8. The van der Waals surface area contributed by atoms with Gasteiger partial charge in [0.25, 0.3) is 5.91 Å². The van der Waals surface area contributed by atoms with Gasteiger partial charge in [-0.15, -0.1) is 0 Å². The van der Waals surface area contributed by atoms with Gasteiger partial charge < -0.3 is 14.5 Å². The van der Waals surface area contributed by atoms with Gasteiger partial charge in [-0.25, -0.2) is 4.98 Å². The fourth-order valence-corrected chi connectivity index (χ4v) is 3.66. The third-order valence-electron chi connectivity index (χ3n) is 5.25. The van der Waals surface area contributed by atoms with Gasteiger partial charge >= 0.3 is 0 Å². The molecule has 158 valence electrons. The molecule has 1 aromatic heterocycles. The number of aromatic nitrogens is 1. The maximum absolute atomic E-state index is 12.7. The van der Waals surface area contributed by atoms with Crippen molar-refractivity contribution in [2.45, 2.75) is 13.3 Å². The molecule has 0 spiro atoms. The van der Waals surface area contributed by atoms with Crippen LogP contribution >= 0.6 is 0 Å². The van der Waals surface area contributed by atoms with Crippen LogP contribution in [-0.2, 0) is 0 Å². The third-order valence-corrected chi connectivity index (χ3v) is 5.25. The van der Waals surface area contributed by atoms with E-state index in [1.165, 1.54) is 0 Å². The first-order valence-electron chi connectivity index (χ1n) is 10.6. The highest BCUT2D eigenvalue weighted by atomic mass is 16.5. The van der Waals surface area contributed by atoms with Gasteiger partial charge in [0.2, 0.25) is 5.89 Å². The Hall–Kier alpha value is -4.12. The quantitative estimate of drug-likeness (QED) is 0.331. The molecular weight excluding hydrogens is 400 g/mol. The van der Waals surface area contributed by atoms with E-state index in [1.807, 2.05) is 54.6 Å². The van der Waals surface area contributed by atoms with E-state index in [9.17, 15) is 4.79 Å². The van der Waals surface area contributed by atoms with E-state index in [4.69, 9.17) is 9.15 Å². The number of nitrogens with one attached hydrogen (secondary N) is 1. The summed E-state index contributed by atoms with van der Waals surface area (Å²) < 4.78 is 11.6. The van der Waals surface area contributed by atoms with Crippen LogP contribution in [0.15, 0.2) is 89.3 Å². The summed E-state index contributed by atoms with van der Waals surface area (Å²) in [7, 11) is 0. The Balaban J connectivity index is 1.39. The number of hydrogen-bond donors (Lipinski definition) is 1. The molecule has 0 saturated carbocycles. The zero-order chi connectivity index (χ0) is 21.9. The van der Waals surface area contributed by atoms with Gasteiger partial charge in [-0.3, -0.25) is 4.79 Å². The lowest BCUT2D eigenvalue weighted by molar-refractivity contribution is 0.102. The second-order valence-corrected chi connectivity index (χ2v) is 7.56. The van der Waals surface area contributed by atoms with Gasteiger partial charge in [0, 0.05) is 16.8 Å². The number of benzene rings is 4. The SMILES string of the molecule is CCCOc1ccc(C(=O)Nc2ccc3oc(-c4cccc5ccccc45)nc3c2)cc1. The van der Waals surface area contributed by atoms with Crippen molar-refractivity contribution >= 4 is 33.5 Å². The van der Waals surface area contributed by atoms with Crippen molar-refractivity contribution in [3.05, 3.63) is 90.5 Å². The Kier molecular flexibility index (Phi) is 5.30. The maximum Gasteiger partial charge on any atom is 0.255 e. The molecule has 0 unspecified atom stereocenters. The van der Waals surface area contributed by atoms with E-state index in [1.54, 1.807) is 12.1 Å². The first-order chi connectivity index (χ1) is 15.7. The minimum absolute atomic E-state index is 0.191. The van der Waals surface area contributed by atoms with Crippen LogP contribution in [0, 0.1) is 0 Å². The molecule has 0 aliphatic heterocycles. The lowest BCUT2D eigenvalue weighted by Gasteiger charge is -2.07. The number of fused-ring (bicyclic) bond motifs is 2. The van der Waals surface area contributed by atoms with E-state index in [0.29, 0.717) is 34.8 Å². The topological polar surface area (TPSA) is 64.4 Å². The van der Waals surface area contributed by atoms with Crippen molar-refractivity contribution in [3.63, 3.8) is 0 Å². The number of amides is 1. The van der Waals surface area contributed by atoms with Crippen LogP contribution in [0.4, 0.5) is 5.69 Å². The minimum Gasteiger partial charge on any atom is -0.494 e. The summed E-state index contributed by atoms with van der Waals surface area (Å²) in [5, 5.41) is 5.15. The molecule has 5 aromatic rings. The summed E-state index contributed by atoms with van der Waals surface area (Å²) in [4.78, 5) is 17.3. The Bertz CT molecular complexity index is 1400. The lowest BCUT2D eigenvalue weighted by Crippen LogP contribution is -2.11. The van der Waals surface area contributed by atoms with Crippen molar-refractivity contribution in [3.8, 4) is 17.2 Å². The average molecular weight is 422 g/mol. The van der Waals surface area contributed by atoms with Crippen LogP contribution < -0.4 is 10.1 Å². The van der Waals surface area contributed by atoms with Crippen LogP contribution in [0.25, 0.3) is 33.3 Å². The number of hydrogen-bond acceptors (Lipinski definition) is 4. The van der Waals surface area contributed by atoms with Crippen molar-refractivity contribution in [1.82, 2.24) is 4.98 Å². The normalized spacial score (nSPS) is 11.0. The smallest absolute Gasteiger partial charge is 0.255 e. The Morgan fingerprint density at radius 1 is 0.969 bits per heavy atom. The number of oxazole rings is 1. The van der Waals surface area contributed by atoms with Crippen LogP contribution in [0.3, 0.4) is 0 Å². The summed E-state index contributed by atoms with van der Waals surface area (Å²) in [6.07, 6.45) is 0.939. The summed E-state index contributed by atoms with van der Waals surface area (Å²) in [6, 6.07) is 26.8. The number of carbonyl (C=O) groups is 1. The molecule has 0 atom stereocenters. The molecular formula is C27H22N2O3. The zero-order valence-corrected chi connectivity index (χ0v) is 17.7. The Labute approximate surface area is 185 Å². The highest BCUT2D eigenvalue weighted by Gasteiger charge is 2.13. The number of ether oxygens (including phenoxy) is 1. The van der Waals surface area contributed by atoms with E-state index >= 15 is 0 Å². The number of rotatable bonds is 6. The molecule has 0 fully saturated rings. The van der Waals surface area contributed by atoms with Crippen LogP contribution in [0.1, 0.15) is 23.7 Å². The molecule has 5 heteroatoms. The van der Waals surface area contributed by atoms with Gasteiger partial charge in [0.05, 0.1) is 6.61 Å². The number of nitrogens with zero attached hydrogens (tertiary/aromatic N) is 1. The van der Waals surface area contributed by atoms with Crippen LogP contribution in [-0.4, -0.2) is 17.5 Å². The second-order valence-electron chi connectivity index (χ2n) is 7.56. The largest absolute Gasteiger partial charge is 0.494 e. The summed E-state index contributed by atoms with van der Waals surface area (Å²) in [6.45, 7) is 2.71. The van der Waals surface area contributed by atoms with Gasteiger partial charge in [-0.05, 0) is 65.7 Å². The molecule has 1 amide bonds. The molecule has 5 rings (SSSR count). The first-order valence-corrected chi connectivity index (χ1v) is 10.6. The molecule has 5 nitrogen and oxygen atoms in total. The monoisotopic (exact) mass is 422 g/mol. The molecule has 4 aromatic carbocycles. The van der Waals surface area contributed by atoms with E-state index in [-0.39, 0.29) is 5.91 Å². The number of anilines is 1. The fourth-order valence-electron chi connectivity index (χ4n) is 3.66. The van der Waals surface area contributed by atoms with Gasteiger partial charge in [-0.2, -0.15) is 0 Å². The Morgan fingerprint density at radius 3 is 2.62 bits per heavy atom. The van der Waals surface area contributed by atoms with E-state index < -0.39 is 0 Å². The third kappa shape index (κ3) is 3.93. The summed E-state index contributed by atoms with van der Waals surface area (Å²) in [5.74, 6) is 1.13. The van der Waals surface area contributed by atoms with E-state index in [0.717, 1.165) is 28.5 Å². The standard InChI is InChI=1S/C27H22N2O3/c1-2-16-31-21-13-10-19(11-14-21)26(30)28-20-12-15-25-24(17-20)29-27(32-25)23-9-5-7-18-6-3-4-8-22(18)23/h3-15,17H,2,16H2,1H3,(H,28,30). The zero-order valence-electron chi connectivity index (χ0n) is 17.7. The van der Waals surface area contributed by atoms with Crippen LogP contribution in [0.2, 0.25) is 0 Å². The van der Waals surface area contributed by atoms with E-state index in [2.05, 4.69) is 35.4 Å². The molecule has 1 heterocycles. The molecule has 0 radical (unpaired) electrons. The summed E-state index contributed by atoms with van der Waals surface area (Å²) in [5.41, 5.74) is 3.52. The number of carbonyl (C=O) groups excluding carboxylic acids is 1. The highest BCUT2D eigenvalue weighted by molar-refractivity contribution is 6.05.